The first kappa shape index (κ1) is 61.5. The number of ether oxygens (including phenoxy) is 1. The second kappa shape index (κ2) is 27.0. The van der Waals surface area contributed by atoms with E-state index in [4.69, 9.17) is 4.74 Å². The zero-order valence-corrected chi connectivity index (χ0v) is 47.3. The third-order valence-electron chi connectivity index (χ3n) is 15.3. The lowest BCUT2D eigenvalue weighted by Gasteiger charge is -2.41. The Bertz CT molecular complexity index is 2120. The van der Waals surface area contributed by atoms with Crippen molar-refractivity contribution in [3.05, 3.63) is 29.8 Å². The van der Waals surface area contributed by atoms with E-state index in [2.05, 4.69) is 5.32 Å². The number of carbonyl (C=O) groups is 9. The summed E-state index contributed by atoms with van der Waals surface area (Å²) in [6.07, 6.45) is 2.28. The van der Waals surface area contributed by atoms with E-state index in [0.717, 1.165) is 0 Å². The fourth-order valence-corrected chi connectivity index (χ4v) is 10.0. The lowest BCUT2D eigenvalue weighted by atomic mass is 9.92. The van der Waals surface area contributed by atoms with E-state index < -0.39 is 114 Å². The van der Waals surface area contributed by atoms with E-state index in [-0.39, 0.29) is 43.6 Å². The molecule has 0 unspecified atom stereocenters. The Morgan fingerprint density at radius 3 is 1.55 bits per heavy atom. The Morgan fingerprint density at radius 1 is 0.575 bits per heavy atom. The molecule has 0 bridgehead atoms. The number of rotatable bonds is 11. The standard InChI is InChI=1S/C54H89N9O10/c1-19-34(7)45-53(71)57(12)37(10)49(67)56(11)31-44(64)58(13)43(29-33(5)6)52(70)63-27-21-22-40(63)50(68)59(14)41(30-38-23-25-39(73-18)26-24-38)47(65)55-36(9)48(66)61(16)46(35(8)20-2)54(72)60(15)42(28-32(3)4)51(69)62(45)17/h23-26,32-37,40-43,45-46H,19-22,27-31H2,1-18H3,(H,55,65)/t34-,35-,36-,37-,40-,41-,42-,43-,45-,46-/m0/s1. The number of nitrogens with one attached hydrogen (secondary N) is 1. The van der Waals surface area contributed by atoms with Gasteiger partial charge in [-0.05, 0) is 80.9 Å². The van der Waals surface area contributed by atoms with Gasteiger partial charge in [-0.2, -0.15) is 0 Å². The molecule has 0 spiro atoms. The third-order valence-corrected chi connectivity index (χ3v) is 15.3. The van der Waals surface area contributed by atoms with Gasteiger partial charge in [-0.25, -0.2) is 0 Å². The minimum Gasteiger partial charge on any atom is -0.497 e. The van der Waals surface area contributed by atoms with Crippen LogP contribution in [0.5, 0.6) is 5.75 Å². The van der Waals surface area contributed by atoms with Crippen molar-refractivity contribution in [1.29, 1.82) is 0 Å². The van der Waals surface area contributed by atoms with E-state index in [0.29, 0.717) is 37.0 Å². The molecule has 10 atom stereocenters. The van der Waals surface area contributed by atoms with Crippen LogP contribution in [0.4, 0.5) is 0 Å². The van der Waals surface area contributed by atoms with Crippen molar-refractivity contribution in [2.45, 2.75) is 163 Å². The van der Waals surface area contributed by atoms with Crippen molar-refractivity contribution in [2.75, 3.05) is 69.5 Å². The van der Waals surface area contributed by atoms with Crippen LogP contribution in [0, 0.1) is 23.7 Å². The van der Waals surface area contributed by atoms with Gasteiger partial charge in [0.25, 0.3) is 0 Å². The number of methoxy groups -OCH3 is 1. The van der Waals surface area contributed by atoms with Crippen LogP contribution in [-0.2, 0) is 49.6 Å². The lowest BCUT2D eigenvalue weighted by molar-refractivity contribution is -0.157. The zero-order chi connectivity index (χ0) is 55.5. The second-order valence-corrected chi connectivity index (χ2v) is 21.6. The summed E-state index contributed by atoms with van der Waals surface area (Å²) in [5, 5.41) is 2.85. The fourth-order valence-electron chi connectivity index (χ4n) is 10.0. The summed E-state index contributed by atoms with van der Waals surface area (Å²) in [6.45, 7) is 18.0. The number of amides is 9. The third kappa shape index (κ3) is 14.7. The van der Waals surface area contributed by atoms with Gasteiger partial charge in [-0.15, -0.1) is 0 Å². The summed E-state index contributed by atoms with van der Waals surface area (Å²) >= 11 is 0. The number of hydrogen-bond acceptors (Lipinski definition) is 10. The molecule has 2 aliphatic heterocycles. The van der Waals surface area contributed by atoms with Crippen LogP contribution >= 0.6 is 0 Å². The molecule has 9 amide bonds. The van der Waals surface area contributed by atoms with Crippen LogP contribution < -0.4 is 10.1 Å². The molecule has 2 fully saturated rings. The highest BCUT2D eigenvalue weighted by Gasteiger charge is 2.46. The molecule has 0 aromatic heterocycles. The number of carbonyl (C=O) groups excluding carboxylic acids is 9. The molecule has 1 aromatic carbocycles. The Hall–Kier alpha value is -5.75. The van der Waals surface area contributed by atoms with Gasteiger partial charge < -0.3 is 49.3 Å². The van der Waals surface area contributed by atoms with Gasteiger partial charge in [0.1, 0.15) is 54.1 Å². The normalized spacial score (nSPS) is 26.8. The molecular weight excluding hydrogens is 935 g/mol. The summed E-state index contributed by atoms with van der Waals surface area (Å²) in [6, 6.07) is -1.56. The smallest absolute Gasteiger partial charge is 0.246 e. The Balaban J connectivity index is 2.28. The van der Waals surface area contributed by atoms with Crippen LogP contribution in [0.2, 0.25) is 0 Å². The molecule has 1 N–H and O–H groups in total. The van der Waals surface area contributed by atoms with Crippen molar-refractivity contribution in [3.63, 3.8) is 0 Å². The average molecular weight is 1020 g/mol. The van der Waals surface area contributed by atoms with Crippen molar-refractivity contribution >= 4 is 53.2 Å². The monoisotopic (exact) mass is 1020 g/mol. The summed E-state index contributed by atoms with van der Waals surface area (Å²) in [7, 11) is 12.0. The van der Waals surface area contributed by atoms with Gasteiger partial charge >= 0.3 is 0 Å². The number of hydrogen-bond donors (Lipinski definition) is 1. The van der Waals surface area contributed by atoms with Crippen molar-refractivity contribution in [1.82, 2.24) is 44.5 Å². The summed E-state index contributed by atoms with van der Waals surface area (Å²) < 4.78 is 5.36. The Labute approximate surface area is 435 Å². The molecule has 0 saturated carbocycles. The zero-order valence-electron chi connectivity index (χ0n) is 47.3. The SMILES string of the molecule is CC[C@H](C)[C@H]1C(=O)N(C)[C@@H](CC(C)C)C(=O)N(C)[C@@H]([C@@H](C)CC)C(=O)N(C)[C@@H](C)C(=O)N(C)CC(=O)N(C)[C@@H](CC(C)C)C(=O)N2CCC[C@H]2C(=O)N(C)[C@@H](Cc2ccc(OC)cc2)C(=O)N[C@@H](C)C(=O)N1C. The van der Waals surface area contributed by atoms with E-state index >= 15 is 0 Å². The first-order chi connectivity index (χ1) is 34.1. The van der Waals surface area contributed by atoms with Gasteiger partial charge in [0, 0.05) is 62.3 Å². The van der Waals surface area contributed by atoms with Crippen LogP contribution in [0.25, 0.3) is 0 Å². The quantitative estimate of drug-likeness (QED) is 0.343. The molecule has 3 rings (SSSR count). The lowest BCUT2D eigenvalue weighted by Crippen LogP contribution is -2.62. The predicted octanol–water partition coefficient (Wildman–Crippen LogP) is 3.37. The number of fused-ring (bicyclic) bond motifs is 1. The van der Waals surface area contributed by atoms with Crippen LogP contribution in [-0.4, -0.2) is 210 Å². The van der Waals surface area contributed by atoms with E-state index in [1.165, 1.54) is 103 Å². The first-order valence-electron chi connectivity index (χ1n) is 26.2. The maximum atomic E-state index is 15.0. The Kier molecular flexibility index (Phi) is 22.7. The minimum absolute atomic E-state index is 0.0331. The number of likely N-dealkylation sites (N-methyl/N-ethyl adjacent to an activating group) is 7. The molecule has 73 heavy (non-hydrogen) atoms. The molecule has 19 heteroatoms. The van der Waals surface area contributed by atoms with Gasteiger partial charge in [0.15, 0.2) is 0 Å². The van der Waals surface area contributed by atoms with Gasteiger partial charge in [0.2, 0.25) is 53.2 Å². The number of nitrogens with zero attached hydrogens (tertiary/aromatic N) is 8. The van der Waals surface area contributed by atoms with Crippen molar-refractivity contribution in [2.24, 2.45) is 23.7 Å². The summed E-state index contributed by atoms with van der Waals surface area (Å²) in [4.78, 5) is 142. The van der Waals surface area contributed by atoms with E-state index in [1.54, 1.807) is 31.2 Å². The summed E-state index contributed by atoms with van der Waals surface area (Å²) in [5.74, 6) is -5.12. The molecule has 2 saturated heterocycles. The first-order valence-corrected chi connectivity index (χ1v) is 26.2. The molecule has 0 radical (unpaired) electrons. The highest BCUT2D eigenvalue weighted by atomic mass is 16.5. The van der Waals surface area contributed by atoms with E-state index in [9.17, 15) is 43.2 Å². The average Bonchev–Trinajstić information content (AvgIpc) is 3.86. The molecular formula is C54H89N9O10. The molecule has 0 aliphatic carbocycles. The second-order valence-electron chi connectivity index (χ2n) is 21.6. The van der Waals surface area contributed by atoms with Crippen LogP contribution in [0.15, 0.2) is 24.3 Å². The van der Waals surface area contributed by atoms with Crippen molar-refractivity contribution < 1.29 is 47.9 Å². The van der Waals surface area contributed by atoms with Crippen LogP contribution in [0.1, 0.15) is 113 Å². The van der Waals surface area contributed by atoms with Crippen LogP contribution in [0.3, 0.4) is 0 Å². The predicted molar refractivity (Wildman–Crippen MR) is 280 cm³/mol. The Morgan fingerprint density at radius 2 is 1.05 bits per heavy atom. The summed E-state index contributed by atoms with van der Waals surface area (Å²) in [5.41, 5.74) is 0.689. The molecule has 19 nitrogen and oxygen atoms in total. The minimum atomic E-state index is -1.19. The largest absolute Gasteiger partial charge is 0.497 e. The molecule has 2 aliphatic rings. The van der Waals surface area contributed by atoms with E-state index in [1.807, 2.05) is 55.4 Å². The number of benzene rings is 1. The molecule has 1 aromatic rings. The highest BCUT2D eigenvalue weighted by molar-refractivity contribution is 5.99. The molecule has 410 valence electrons. The molecule has 2 heterocycles. The maximum Gasteiger partial charge on any atom is 0.246 e. The van der Waals surface area contributed by atoms with Crippen molar-refractivity contribution in [3.8, 4) is 5.75 Å². The fraction of sp³-hybridized carbons (Fsp3) is 0.722. The highest BCUT2D eigenvalue weighted by Crippen LogP contribution is 2.28. The van der Waals surface area contributed by atoms with Gasteiger partial charge in [0.05, 0.1) is 13.7 Å². The topological polar surface area (TPSA) is 201 Å². The van der Waals surface area contributed by atoms with Gasteiger partial charge in [-0.1, -0.05) is 80.4 Å². The maximum absolute atomic E-state index is 15.0. The van der Waals surface area contributed by atoms with Gasteiger partial charge in [-0.3, -0.25) is 43.2 Å².